The lowest BCUT2D eigenvalue weighted by atomic mass is 9.99. The van der Waals surface area contributed by atoms with E-state index in [1.165, 1.54) is 101 Å². The van der Waals surface area contributed by atoms with Crippen LogP contribution in [0.3, 0.4) is 0 Å². The van der Waals surface area contributed by atoms with Gasteiger partial charge in [-0.25, -0.2) is 9.13 Å². The zero-order valence-corrected chi connectivity index (χ0v) is 29.3. The SMILES string of the molecule is CCCCC(CC)CNc1cc[n+](CCCCCCCC[n+]2ccc(NCC(CC)CCCC)cc2)cc1.[Br-].[Br-]. The van der Waals surface area contributed by atoms with Crippen LogP contribution in [-0.4, -0.2) is 13.1 Å². The minimum absolute atomic E-state index is 0. The number of aromatic nitrogens is 2. The number of unbranched alkanes of at least 4 members (excludes halogenated alkanes) is 7. The monoisotopic (exact) mass is 682 g/mol. The van der Waals surface area contributed by atoms with Crippen LogP contribution in [0.25, 0.3) is 0 Å². The molecule has 4 nitrogen and oxygen atoms in total. The Morgan fingerprint density at radius 2 is 0.875 bits per heavy atom. The van der Waals surface area contributed by atoms with Crippen molar-refractivity contribution in [2.45, 2.75) is 131 Å². The molecule has 0 saturated heterocycles. The molecule has 0 saturated carbocycles. The van der Waals surface area contributed by atoms with Crippen LogP contribution in [0.1, 0.15) is 118 Å². The molecule has 2 aromatic rings. The fourth-order valence-corrected chi connectivity index (χ4v) is 5.16. The summed E-state index contributed by atoms with van der Waals surface area (Å²) in [5.74, 6) is 1.59. The summed E-state index contributed by atoms with van der Waals surface area (Å²) in [4.78, 5) is 0. The smallest absolute Gasteiger partial charge is 0.170 e. The summed E-state index contributed by atoms with van der Waals surface area (Å²) in [6.07, 6.45) is 27.3. The summed E-state index contributed by atoms with van der Waals surface area (Å²) in [7, 11) is 0. The van der Waals surface area contributed by atoms with Gasteiger partial charge in [-0.2, -0.15) is 0 Å². The van der Waals surface area contributed by atoms with E-state index in [0.29, 0.717) is 0 Å². The Morgan fingerprint density at radius 1 is 0.525 bits per heavy atom. The Balaban J connectivity index is 0.00000760. The first kappa shape index (κ1) is 38.9. The second-order valence-electron chi connectivity index (χ2n) is 11.4. The van der Waals surface area contributed by atoms with Crippen molar-refractivity contribution in [1.29, 1.82) is 0 Å². The van der Waals surface area contributed by atoms with E-state index in [1.807, 2.05) is 0 Å². The molecule has 40 heavy (non-hydrogen) atoms. The first-order valence-electron chi connectivity index (χ1n) is 16.1. The van der Waals surface area contributed by atoms with E-state index in [0.717, 1.165) is 38.0 Å². The van der Waals surface area contributed by atoms with Crippen LogP contribution in [0.5, 0.6) is 0 Å². The van der Waals surface area contributed by atoms with Gasteiger partial charge in [0.2, 0.25) is 0 Å². The minimum atomic E-state index is 0. The van der Waals surface area contributed by atoms with Crippen LogP contribution in [0.2, 0.25) is 0 Å². The number of aryl methyl sites for hydroxylation is 2. The van der Waals surface area contributed by atoms with Gasteiger partial charge < -0.3 is 44.6 Å². The molecule has 2 N–H and O–H groups in total. The lowest BCUT2D eigenvalue weighted by Gasteiger charge is -2.15. The van der Waals surface area contributed by atoms with Crippen LogP contribution < -0.4 is 53.7 Å². The molecule has 0 aliphatic rings. The van der Waals surface area contributed by atoms with Gasteiger partial charge in [0, 0.05) is 61.6 Å². The molecule has 2 atom stereocenters. The third kappa shape index (κ3) is 17.6. The van der Waals surface area contributed by atoms with Crippen molar-refractivity contribution in [3.05, 3.63) is 49.1 Å². The lowest BCUT2D eigenvalue weighted by molar-refractivity contribution is -0.697. The summed E-state index contributed by atoms with van der Waals surface area (Å²) in [5, 5.41) is 7.28. The van der Waals surface area contributed by atoms with Gasteiger partial charge in [0.1, 0.15) is 13.1 Å². The first-order valence-corrected chi connectivity index (χ1v) is 16.1. The van der Waals surface area contributed by atoms with Gasteiger partial charge in [-0.15, -0.1) is 0 Å². The van der Waals surface area contributed by atoms with Gasteiger partial charge in [0.15, 0.2) is 24.8 Å². The van der Waals surface area contributed by atoms with E-state index in [1.54, 1.807) is 0 Å². The second kappa shape index (κ2) is 25.6. The first-order chi connectivity index (χ1) is 18.7. The van der Waals surface area contributed by atoms with Crippen molar-refractivity contribution >= 4 is 11.4 Å². The van der Waals surface area contributed by atoms with Crippen LogP contribution in [0.15, 0.2) is 49.1 Å². The fourth-order valence-electron chi connectivity index (χ4n) is 5.16. The number of hydrogen-bond acceptors (Lipinski definition) is 2. The maximum absolute atomic E-state index is 3.64. The average Bonchev–Trinajstić information content (AvgIpc) is 2.96. The normalized spacial score (nSPS) is 12.2. The number of halogens is 2. The fraction of sp³-hybridized carbons (Fsp3) is 0.706. The average molecular weight is 685 g/mol. The van der Waals surface area contributed by atoms with Crippen LogP contribution in [-0.2, 0) is 13.1 Å². The second-order valence-corrected chi connectivity index (χ2v) is 11.4. The Bertz CT molecular complexity index is 744. The van der Waals surface area contributed by atoms with Crippen molar-refractivity contribution in [3.8, 4) is 0 Å². The molecule has 2 aromatic heterocycles. The van der Waals surface area contributed by atoms with E-state index in [9.17, 15) is 0 Å². The summed E-state index contributed by atoms with van der Waals surface area (Å²) >= 11 is 0. The molecule has 0 bridgehead atoms. The highest BCUT2D eigenvalue weighted by Crippen LogP contribution is 2.15. The third-order valence-electron chi connectivity index (χ3n) is 8.14. The van der Waals surface area contributed by atoms with Crippen molar-refractivity contribution in [3.63, 3.8) is 0 Å². The standard InChI is InChI=1S/C34H58N4.2BrH/c1-5-9-17-31(7-3)29-35-33-19-25-37(26-20-33)23-15-13-11-12-14-16-24-38-27-21-34(22-28-38)36-30-32(8-4)18-10-6-2;;/h19-22,25-28,31-32H,5-18,23-24,29-30H2,1-4H3;2*1H. The predicted octanol–water partition coefficient (Wildman–Crippen LogP) is 2.57. The molecule has 0 amide bonds. The van der Waals surface area contributed by atoms with Gasteiger partial charge in [-0.1, -0.05) is 79.1 Å². The number of pyridine rings is 2. The van der Waals surface area contributed by atoms with Crippen LogP contribution in [0, 0.1) is 11.8 Å². The zero-order chi connectivity index (χ0) is 27.3. The number of nitrogens with zero attached hydrogens (tertiary/aromatic N) is 2. The number of anilines is 2. The number of rotatable bonds is 23. The molecule has 0 aliphatic heterocycles. The van der Waals surface area contributed by atoms with Gasteiger partial charge in [0.05, 0.1) is 0 Å². The van der Waals surface area contributed by atoms with Crippen LogP contribution >= 0.6 is 0 Å². The Labute approximate surface area is 268 Å². The topological polar surface area (TPSA) is 31.8 Å². The maximum Gasteiger partial charge on any atom is 0.170 e. The number of hydrogen-bond donors (Lipinski definition) is 2. The van der Waals surface area contributed by atoms with Crippen molar-refractivity contribution in [2.24, 2.45) is 11.8 Å². The lowest BCUT2D eigenvalue weighted by Crippen LogP contribution is -3.00. The molecule has 6 heteroatoms. The summed E-state index contributed by atoms with van der Waals surface area (Å²) in [5.41, 5.74) is 2.51. The zero-order valence-electron chi connectivity index (χ0n) is 26.2. The van der Waals surface area contributed by atoms with E-state index >= 15 is 0 Å². The molecule has 0 aliphatic carbocycles. The van der Waals surface area contributed by atoms with Gasteiger partial charge >= 0.3 is 0 Å². The third-order valence-corrected chi connectivity index (χ3v) is 8.14. The highest BCUT2D eigenvalue weighted by atomic mass is 79.9. The predicted molar refractivity (Wildman–Crippen MR) is 165 cm³/mol. The molecule has 0 spiro atoms. The summed E-state index contributed by atoms with van der Waals surface area (Å²) in [6.45, 7) is 13.6. The quantitative estimate of drug-likeness (QED) is 0.140. The maximum atomic E-state index is 3.64. The van der Waals surface area contributed by atoms with Gasteiger partial charge in [0.25, 0.3) is 0 Å². The minimum Gasteiger partial charge on any atom is -1.00 e. The van der Waals surface area contributed by atoms with Crippen molar-refractivity contribution in [2.75, 3.05) is 23.7 Å². The van der Waals surface area contributed by atoms with Crippen LogP contribution in [0.4, 0.5) is 11.4 Å². The molecule has 2 rings (SSSR count). The Morgan fingerprint density at radius 3 is 1.20 bits per heavy atom. The molecule has 230 valence electrons. The Kier molecular flexibility index (Phi) is 24.8. The summed E-state index contributed by atoms with van der Waals surface area (Å²) in [6, 6.07) is 8.95. The molecule has 0 fully saturated rings. The van der Waals surface area contributed by atoms with Gasteiger partial charge in [-0.05, 0) is 37.5 Å². The molecule has 2 unspecified atom stereocenters. The molecule has 2 heterocycles. The number of nitrogens with one attached hydrogen (secondary N) is 2. The van der Waals surface area contributed by atoms with E-state index in [-0.39, 0.29) is 34.0 Å². The highest BCUT2D eigenvalue weighted by molar-refractivity contribution is 5.40. The molecule has 0 radical (unpaired) electrons. The van der Waals surface area contributed by atoms with E-state index < -0.39 is 0 Å². The van der Waals surface area contributed by atoms with Gasteiger partial charge in [-0.3, -0.25) is 0 Å². The summed E-state index contributed by atoms with van der Waals surface area (Å²) < 4.78 is 4.67. The molecule has 0 aromatic carbocycles. The van der Waals surface area contributed by atoms with Crippen molar-refractivity contribution in [1.82, 2.24) is 0 Å². The largest absolute Gasteiger partial charge is 1.00 e. The molecular formula is C34H60Br2N4. The van der Waals surface area contributed by atoms with E-state index in [2.05, 4.69) is 96.5 Å². The highest BCUT2D eigenvalue weighted by Gasteiger charge is 2.08. The molecular weight excluding hydrogens is 624 g/mol. The van der Waals surface area contributed by atoms with E-state index in [4.69, 9.17) is 0 Å². The van der Waals surface area contributed by atoms with Crippen molar-refractivity contribution < 1.29 is 43.1 Å². The Hall–Kier alpha value is -1.14.